The van der Waals surface area contributed by atoms with Crippen LogP contribution in [0.25, 0.3) is 0 Å². The Bertz CT molecular complexity index is 697. The Balaban J connectivity index is 0.00000233. The van der Waals surface area contributed by atoms with Crippen LogP contribution in [-0.2, 0) is 11.4 Å². The van der Waals surface area contributed by atoms with Crippen LogP contribution >= 0.6 is 0 Å². The zero-order valence-corrected chi connectivity index (χ0v) is 19.6. The number of hydrogen-bond donors (Lipinski definition) is 4. The molecule has 4 N–H and O–H groups in total. The van der Waals surface area contributed by atoms with E-state index in [2.05, 4.69) is 22.1 Å². The van der Waals surface area contributed by atoms with Crippen LogP contribution in [0, 0.1) is 12.8 Å². The van der Waals surface area contributed by atoms with E-state index in [1.54, 1.807) is 12.2 Å². The van der Waals surface area contributed by atoms with Gasteiger partial charge in [-0.15, -0.1) is 6.58 Å². The number of hydrogen-bond acceptors (Lipinski definition) is 5. The summed E-state index contributed by atoms with van der Waals surface area (Å²) in [6, 6.07) is 6.13. The van der Waals surface area contributed by atoms with Gasteiger partial charge in [0.15, 0.2) is 0 Å². The molecular weight excluding hydrogens is 390 g/mol. The van der Waals surface area contributed by atoms with Gasteiger partial charge in [0.1, 0.15) is 0 Å². The second kappa shape index (κ2) is 14.8. The van der Waals surface area contributed by atoms with Crippen LogP contribution in [0.15, 0.2) is 43.0 Å². The molecule has 2 atom stereocenters. The van der Waals surface area contributed by atoms with Crippen LogP contribution in [0.2, 0.25) is 0 Å². The van der Waals surface area contributed by atoms with Gasteiger partial charge in [-0.1, -0.05) is 57.2 Å². The van der Waals surface area contributed by atoms with E-state index in [0.29, 0.717) is 12.6 Å². The average Bonchev–Trinajstić information content (AvgIpc) is 2.79. The normalized spacial score (nSPS) is 16.8. The zero-order chi connectivity index (χ0) is 23.2. The number of rotatable bonds is 10. The van der Waals surface area contributed by atoms with Crippen LogP contribution < -0.4 is 10.6 Å². The summed E-state index contributed by atoms with van der Waals surface area (Å²) in [5.74, 6) is 0.0747. The summed E-state index contributed by atoms with van der Waals surface area (Å²) in [5.41, 5.74) is 3.09. The molecule has 1 fully saturated rings. The zero-order valence-electron chi connectivity index (χ0n) is 19.6. The van der Waals surface area contributed by atoms with E-state index in [1.807, 2.05) is 52.0 Å². The number of nitrogens with zero attached hydrogens (tertiary/aromatic N) is 1. The van der Waals surface area contributed by atoms with Crippen molar-refractivity contribution in [2.75, 3.05) is 31.6 Å². The third-order valence-corrected chi connectivity index (χ3v) is 5.55. The van der Waals surface area contributed by atoms with Gasteiger partial charge in [-0.05, 0) is 31.2 Å². The molecule has 1 aromatic rings. The van der Waals surface area contributed by atoms with E-state index >= 15 is 0 Å². The van der Waals surface area contributed by atoms with Crippen molar-refractivity contribution in [2.24, 2.45) is 5.92 Å². The third-order valence-electron chi connectivity index (χ3n) is 5.55. The number of amides is 1. The summed E-state index contributed by atoms with van der Waals surface area (Å²) in [7, 11) is 0. The number of aliphatic hydroxyl groups excluding tert-OH is 2. The van der Waals surface area contributed by atoms with Crippen LogP contribution in [0.3, 0.4) is 0 Å². The lowest BCUT2D eigenvalue weighted by atomic mass is 10.0. The number of carbonyl (C=O) groups excluding carboxylic acids is 1. The quantitative estimate of drug-likeness (QED) is 0.428. The van der Waals surface area contributed by atoms with Gasteiger partial charge in [-0.3, -0.25) is 9.69 Å². The first-order valence-corrected chi connectivity index (χ1v) is 11.4. The van der Waals surface area contributed by atoms with E-state index in [-0.39, 0.29) is 31.1 Å². The summed E-state index contributed by atoms with van der Waals surface area (Å²) in [6.45, 7) is 13.9. The molecule has 1 saturated heterocycles. The van der Waals surface area contributed by atoms with Crippen molar-refractivity contribution >= 4 is 11.6 Å². The molecule has 1 aliphatic heterocycles. The number of carbonyl (C=O) groups is 1. The molecule has 1 heterocycles. The SMILES string of the molecule is C=CC(C)C(/C=C/CO)NC(=O)CN1CCC(Nc2c(C)cccc2CO)CC1.CC. The lowest BCUT2D eigenvalue weighted by Gasteiger charge is -2.33. The number of para-hydroxylation sites is 1. The standard InChI is InChI=1S/C23H35N3O3.C2H6/c1-4-17(2)21(9-6-14-27)25-22(29)15-26-12-10-20(11-13-26)24-23-18(3)7-5-8-19(23)16-28;1-2/h4-9,17,20-21,24,27-28H,1,10-16H2,2-3H3,(H,25,29);1-2H3/b9-6+;. The molecular formula is C25H41N3O3. The first-order chi connectivity index (χ1) is 15.0. The summed E-state index contributed by atoms with van der Waals surface area (Å²) < 4.78 is 0. The predicted molar refractivity (Wildman–Crippen MR) is 129 cm³/mol. The molecule has 1 aromatic carbocycles. The molecule has 174 valence electrons. The lowest BCUT2D eigenvalue weighted by Crippen LogP contribution is -2.47. The minimum Gasteiger partial charge on any atom is -0.392 e. The molecule has 0 radical (unpaired) electrons. The smallest absolute Gasteiger partial charge is 0.234 e. The van der Waals surface area contributed by atoms with Crippen molar-refractivity contribution < 1.29 is 15.0 Å². The number of aryl methyl sites for hydroxylation is 1. The monoisotopic (exact) mass is 431 g/mol. The number of anilines is 1. The van der Waals surface area contributed by atoms with Gasteiger partial charge in [-0.2, -0.15) is 0 Å². The van der Waals surface area contributed by atoms with Crippen LogP contribution in [-0.4, -0.2) is 59.3 Å². The summed E-state index contributed by atoms with van der Waals surface area (Å²) in [4.78, 5) is 14.6. The summed E-state index contributed by atoms with van der Waals surface area (Å²) in [5, 5.41) is 25.2. The van der Waals surface area contributed by atoms with Crippen molar-refractivity contribution in [2.45, 2.75) is 59.2 Å². The lowest BCUT2D eigenvalue weighted by molar-refractivity contribution is -0.123. The Morgan fingerprint density at radius 2 is 1.97 bits per heavy atom. The van der Waals surface area contributed by atoms with Gasteiger partial charge in [0, 0.05) is 30.4 Å². The van der Waals surface area contributed by atoms with Crippen molar-refractivity contribution in [1.82, 2.24) is 10.2 Å². The number of nitrogens with one attached hydrogen (secondary N) is 2. The number of likely N-dealkylation sites (tertiary alicyclic amines) is 1. The van der Waals surface area contributed by atoms with Crippen molar-refractivity contribution in [3.05, 3.63) is 54.1 Å². The average molecular weight is 432 g/mol. The maximum atomic E-state index is 12.5. The third kappa shape index (κ3) is 8.85. The fourth-order valence-electron chi connectivity index (χ4n) is 3.65. The summed E-state index contributed by atoms with van der Waals surface area (Å²) >= 11 is 0. The summed E-state index contributed by atoms with van der Waals surface area (Å²) in [6.07, 6.45) is 7.17. The fourth-order valence-corrected chi connectivity index (χ4v) is 3.65. The maximum Gasteiger partial charge on any atom is 0.234 e. The molecule has 31 heavy (non-hydrogen) atoms. The molecule has 2 unspecified atom stereocenters. The Morgan fingerprint density at radius 3 is 2.55 bits per heavy atom. The highest BCUT2D eigenvalue weighted by atomic mass is 16.3. The molecule has 6 nitrogen and oxygen atoms in total. The highest BCUT2D eigenvalue weighted by Crippen LogP contribution is 2.24. The first kappa shape index (κ1) is 26.9. The minimum absolute atomic E-state index is 0.0147. The Hall–Kier alpha value is -2.15. The van der Waals surface area contributed by atoms with Crippen molar-refractivity contribution in [3.63, 3.8) is 0 Å². The Labute approximate surface area is 188 Å². The molecule has 2 rings (SSSR count). The second-order valence-corrected chi connectivity index (χ2v) is 7.76. The van der Waals surface area contributed by atoms with Crippen LogP contribution in [0.5, 0.6) is 0 Å². The minimum atomic E-state index is -0.163. The van der Waals surface area contributed by atoms with Gasteiger partial charge < -0.3 is 20.8 Å². The van der Waals surface area contributed by atoms with Crippen molar-refractivity contribution in [3.8, 4) is 0 Å². The molecule has 6 heteroatoms. The van der Waals surface area contributed by atoms with Gasteiger partial charge in [0.2, 0.25) is 5.91 Å². The van der Waals surface area contributed by atoms with Gasteiger partial charge in [0.05, 0.1) is 25.8 Å². The van der Waals surface area contributed by atoms with E-state index in [1.165, 1.54) is 0 Å². The first-order valence-electron chi connectivity index (χ1n) is 11.4. The fraction of sp³-hybridized carbons (Fsp3) is 0.560. The van der Waals surface area contributed by atoms with Gasteiger partial charge in [0.25, 0.3) is 0 Å². The molecule has 0 bridgehead atoms. The topological polar surface area (TPSA) is 84.8 Å². The second-order valence-electron chi connectivity index (χ2n) is 7.76. The van der Waals surface area contributed by atoms with E-state index in [4.69, 9.17) is 5.11 Å². The Morgan fingerprint density at radius 1 is 1.29 bits per heavy atom. The molecule has 0 aliphatic carbocycles. The predicted octanol–water partition coefficient (Wildman–Crippen LogP) is 3.25. The molecule has 0 saturated carbocycles. The van der Waals surface area contributed by atoms with Crippen molar-refractivity contribution in [1.29, 1.82) is 0 Å². The van der Waals surface area contributed by atoms with E-state index < -0.39 is 0 Å². The largest absolute Gasteiger partial charge is 0.392 e. The Kier molecular flexibility index (Phi) is 12.8. The maximum absolute atomic E-state index is 12.5. The molecule has 0 spiro atoms. The van der Waals surface area contributed by atoms with Crippen LogP contribution in [0.4, 0.5) is 5.69 Å². The van der Waals surface area contributed by atoms with Crippen LogP contribution in [0.1, 0.15) is 44.7 Å². The van der Waals surface area contributed by atoms with Gasteiger partial charge in [-0.25, -0.2) is 0 Å². The van der Waals surface area contributed by atoms with E-state index in [9.17, 15) is 9.90 Å². The number of benzene rings is 1. The van der Waals surface area contributed by atoms with E-state index in [0.717, 1.165) is 42.7 Å². The highest BCUT2D eigenvalue weighted by Gasteiger charge is 2.23. The highest BCUT2D eigenvalue weighted by molar-refractivity contribution is 5.78. The van der Waals surface area contributed by atoms with Gasteiger partial charge >= 0.3 is 0 Å². The molecule has 0 aromatic heterocycles. The molecule has 1 amide bonds. The number of piperidine rings is 1. The number of aliphatic hydroxyl groups is 2. The molecule has 1 aliphatic rings.